The molecule has 0 saturated carbocycles. The fraction of sp³-hybridized carbons (Fsp3) is 0.222. The van der Waals surface area contributed by atoms with Crippen molar-refractivity contribution in [1.82, 2.24) is 0 Å². The van der Waals surface area contributed by atoms with E-state index in [-0.39, 0.29) is 11.9 Å². The van der Waals surface area contributed by atoms with Gasteiger partial charge >= 0.3 is 0 Å². The Morgan fingerprint density at radius 1 is 1.42 bits per heavy atom. The van der Waals surface area contributed by atoms with Crippen LogP contribution < -0.4 is 5.32 Å². The highest BCUT2D eigenvalue weighted by Crippen LogP contribution is 2.08. The van der Waals surface area contributed by atoms with Gasteiger partial charge in [-0.3, -0.25) is 0 Å². The van der Waals surface area contributed by atoms with E-state index in [1.165, 1.54) is 12.1 Å². The first kappa shape index (κ1) is 8.71. The Kier molecular flexibility index (Phi) is 2.80. The van der Waals surface area contributed by atoms with Crippen molar-refractivity contribution in [2.45, 2.75) is 13.0 Å². The fourth-order valence-corrected chi connectivity index (χ4v) is 0.843. The molecule has 0 radical (unpaired) electrons. The normalized spacial score (nSPS) is 12.2. The summed E-state index contributed by atoms with van der Waals surface area (Å²) in [5.41, 5.74) is 0.746. The molecule has 0 aromatic heterocycles. The van der Waals surface area contributed by atoms with E-state index >= 15 is 0 Å². The van der Waals surface area contributed by atoms with Gasteiger partial charge in [-0.25, -0.2) is 4.39 Å². The molecule has 1 aromatic carbocycles. The molecule has 2 nitrogen and oxygen atoms in total. The average Bonchev–Trinajstić information content (AvgIpc) is 2.09. The number of carbonyl (C=O) groups excluding carboxylic acids is 1. The molecule has 1 rings (SSSR count). The Balaban J connectivity index is 2.64. The number of benzene rings is 1. The van der Waals surface area contributed by atoms with Crippen LogP contribution in [-0.2, 0) is 4.79 Å². The summed E-state index contributed by atoms with van der Waals surface area (Å²) in [6, 6.07) is 5.64. The summed E-state index contributed by atoms with van der Waals surface area (Å²) in [6.07, 6.45) is 0.795. The second-order valence-electron chi connectivity index (χ2n) is 2.58. The molecule has 0 unspecified atom stereocenters. The molecular formula is C9H10FNO. The van der Waals surface area contributed by atoms with E-state index in [4.69, 9.17) is 0 Å². The summed E-state index contributed by atoms with van der Waals surface area (Å²) in [4.78, 5) is 10.2. The molecule has 1 aromatic rings. The third-order valence-electron chi connectivity index (χ3n) is 1.44. The molecule has 1 N–H and O–H groups in total. The van der Waals surface area contributed by atoms with Crippen molar-refractivity contribution < 1.29 is 9.18 Å². The van der Waals surface area contributed by atoms with Crippen molar-refractivity contribution in [3.05, 3.63) is 30.1 Å². The highest BCUT2D eigenvalue weighted by atomic mass is 19.1. The number of hydrogen-bond donors (Lipinski definition) is 1. The molecule has 0 saturated heterocycles. The standard InChI is InChI=1S/C9H10FNO/c1-7(6-12)11-9-4-2-8(10)3-5-9/h2-7,11H,1H3/t7-/m0/s1. The van der Waals surface area contributed by atoms with Crippen molar-refractivity contribution in [1.29, 1.82) is 0 Å². The molecule has 0 amide bonds. The lowest BCUT2D eigenvalue weighted by molar-refractivity contribution is -0.108. The molecule has 0 aliphatic heterocycles. The molecule has 0 aliphatic rings. The minimum absolute atomic E-state index is 0.240. The largest absolute Gasteiger partial charge is 0.376 e. The van der Waals surface area contributed by atoms with Gasteiger partial charge in [-0.1, -0.05) is 0 Å². The SMILES string of the molecule is C[C@@H](C=O)Nc1ccc(F)cc1. The zero-order chi connectivity index (χ0) is 8.97. The van der Waals surface area contributed by atoms with E-state index in [2.05, 4.69) is 5.32 Å². The minimum Gasteiger partial charge on any atom is -0.376 e. The molecule has 64 valence electrons. The molecule has 12 heavy (non-hydrogen) atoms. The predicted octanol–water partition coefficient (Wildman–Crippen LogP) is 1.82. The summed E-state index contributed by atoms with van der Waals surface area (Å²) in [5.74, 6) is -0.278. The number of aldehydes is 1. The third-order valence-corrected chi connectivity index (χ3v) is 1.44. The topological polar surface area (TPSA) is 29.1 Å². The average molecular weight is 167 g/mol. The van der Waals surface area contributed by atoms with Crippen molar-refractivity contribution in [2.75, 3.05) is 5.32 Å². The number of halogens is 1. The maximum atomic E-state index is 12.4. The van der Waals surface area contributed by atoms with Crippen LogP contribution in [0.25, 0.3) is 0 Å². The molecule has 0 spiro atoms. The van der Waals surface area contributed by atoms with Crippen LogP contribution in [0.15, 0.2) is 24.3 Å². The van der Waals surface area contributed by atoms with E-state index in [1.54, 1.807) is 19.1 Å². The van der Waals surface area contributed by atoms with Crippen LogP contribution in [0.2, 0.25) is 0 Å². The maximum Gasteiger partial charge on any atom is 0.141 e. The van der Waals surface area contributed by atoms with Crippen LogP contribution in [0.3, 0.4) is 0 Å². The van der Waals surface area contributed by atoms with E-state index in [1.807, 2.05) is 0 Å². The molecular weight excluding hydrogens is 157 g/mol. The zero-order valence-corrected chi connectivity index (χ0v) is 6.75. The second-order valence-corrected chi connectivity index (χ2v) is 2.58. The number of rotatable bonds is 3. The second kappa shape index (κ2) is 3.85. The first-order valence-electron chi connectivity index (χ1n) is 3.70. The lowest BCUT2D eigenvalue weighted by Crippen LogP contribution is -2.15. The molecule has 3 heteroatoms. The van der Waals surface area contributed by atoms with Gasteiger partial charge in [0.05, 0.1) is 6.04 Å². The van der Waals surface area contributed by atoms with Crippen LogP contribution in [0, 0.1) is 5.82 Å². The monoisotopic (exact) mass is 167 g/mol. The van der Waals surface area contributed by atoms with E-state index in [0.29, 0.717) is 0 Å². The van der Waals surface area contributed by atoms with Gasteiger partial charge in [-0.2, -0.15) is 0 Å². The van der Waals surface area contributed by atoms with Crippen molar-refractivity contribution >= 4 is 12.0 Å². The highest BCUT2D eigenvalue weighted by molar-refractivity contribution is 5.63. The van der Waals surface area contributed by atoms with Gasteiger partial charge in [-0.05, 0) is 31.2 Å². The van der Waals surface area contributed by atoms with Gasteiger partial charge < -0.3 is 10.1 Å². The molecule has 0 aliphatic carbocycles. The van der Waals surface area contributed by atoms with E-state index < -0.39 is 0 Å². The maximum absolute atomic E-state index is 12.4. The van der Waals surface area contributed by atoms with Crippen LogP contribution >= 0.6 is 0 Å². The fourth-order valence-electron chi connectivity index (χ4n) is 0.843. The summed E-state index contributed by atoms with van der Waals surface area (Å²) >= 11 is 0. The third kappa shape index (κ3) is 2.34. The number of hydrogen-bond acceptors (Lipinski definition) is 2. The molecule has 1 atom stereocenters. The van der Waals surface area contributed by atoms with Gasteiger partial charge in [0.15, 0.2) is 0 Å². The first-order valence-corrected chi connectivity index (χ1v) is 3.70. The lowest BCUT2D eigenvalue weighted by atomic mass is 10.3. The number of carbonyl (C=O) groups is 1. The van der Waals surface area contributed by atoms with Gasteiger partial charge in [0.25, 0.3) is 0 Å². The Morgan fingerprint density at radius 2 is 2.00 bits per heavy atom. The van der Waals surface area contributed by atoms with Crippen molar-refractivity contribution in [2.24, 2.45) is 0 Å². The number of anilines is 1. The summed E-state index contributed by atoms with van der Waals surface area (Å²) in [6.45, 7) is 1.73. The quantitative estimate of drug-likeness (QED) is 0.696. The Hall–Kier alpha value is -1.38. The van der Waals surface area contributed by atoms with Gasteiger partial charge in [-0.15, -0.1) is 0 Å². The van der Waals surface area contributed by atoms with Crippen LogP contribution in [0.5, 0.6) is 0 Å². The van der Waals surface area contributed by atoms with Gasteiger partial charge in [0.1, 0.15) is 12.1 Å². The van der Waals surface area contributed by atoms with Crippen molar-refractivity contribution in [3.63, 3.8) is 0 Å². The first-order chi connectivity index (χ1) is 5.72. The Morgan fingerprint density at radius 3 is 2.50 bits per heavy atom. The zero-order valence-electron chi connectivity index (χ0n) is 6.75. The summed E-state index contributed by atoms with van der Waals surface area (Å²) < 4.78 is 12.4. The van der Waals surface area contributed by atoms with E-state index in [0.717, 1.165) is 12.0 Å². The van der Waals surface area contributed by atoms with Gasteiger partial charge in [0.2, 0.25) is 0 Å². The molecule has 0 fully saturated rings. The van der Waals surface area contributed by atoms with Crippen LogP contribution in [0.4, 0.5) is 10.1 Å². The summed E-state index contributed by atoms with van der Waals surface area (Å²) in [7, 11) is 0. The van der Waals surface area contributed by atoms with Crippen molar-refractivity contribution in [3.8, 4) is 0 Å². The van der Waals surface area contributed by atoms with Gasteiger partial charge in [0, 0.05) is 5.69 Å². The summed E-state index contributed by atoms with van der Waals surface area (Å²) in [5, 5.41) is 2.88. The number of nitrogens with one attached hydrogen (secondary N) is 1. The smallest absolute Gasteiger partial charge is 0.141 e. The van der Waals surface area contributed by atoms with Crippen LogP contribution in [0.1, 0.15) is 6.92 Å². The van der Waals surface area contributed by atoms with Crippen LogP contribution in [-0.4, -0.2) is 12.3 Å². The Labute approximate surface area is 70.4 Å². The molecule has 0 heterocycles. The molecule has 0 bridgehead atoms. The Bertz CT molecular complexity index is 258. The predicted molar refractivity (Wildman–Crippen MR) is 45.5 cm³/mol. The van der Waals surface area contributed by atoms with E-state index in [9.17, 15) is 9.18 Å². The lowest BCUT2D eigenvalue weighted by Gasteiger charge is -2.07. The minimum atomic E-state index is -0.278. The highest BCUT2D eigenvalue weighted by Gasteiger charge is 1.98.